The molecule has 1 N–H and O–H groups in total. The Bertz CT molecular complexity index is 356. The van der Waals surface area contributed by atoms with Crippen molar-refractivity contribution >= 4 is 11.9 Å². The quantitative estimate of drug-likeness (QED) is 0.359. The van der Waals surface area contributed by atoms with Crippen LogP contribution in [0.1, 0.15) is 11.8 Å². The van der Waals surface area contributed by atoms with Crippen molar-refractivity contribution in [3.05, 3.63) is 48.6 Å². The predicted molar refractivity (Wildman–Crippen MR) is 51.3 cm³/mol. The molecule has 0 saturated heterocycles. The van der Waals surface area contributed by atoms with Crippen LogP contribution in [0.4, 0.5) is 0 Å². The molecule has 0 aliphatic heterocycles. The molecule has 0 aliphatic carbocycles. The third kappa shape index (κ3) is 4.78. The standard InChI is InChI=1S/C10H9NO3.Na.H/c1-2-9(12)11-14-10(13)8-6-4-3-5-7-8;;/h2-7H,1H2,(H,11,12);;/q;+1;-1. The molecule has 1 rings (SSSR count). The molecule has 0 unspecified atom stereocenters. The molecule has 0 heterocycles. The minimum Gasteiger partial charge on any atom is -1.00 e. The van der Waals surface area contributed by atoms with E-state index in [2.05, 4.69) is 11.4 Å². The smallest absolute Gasteiger partial charge is 1.00 e. The van der Waals surface area contributed by atoms with E-state index in [1.165, 1.54) is 0 Å². The van der Waals surface area contributed by atoms with E-state index in [0.29, 0.717) is 5.56 Å². The van der Waals surface area contributed by atoms with Gasteiger partial charge in [0.1, 0.15) is 0 Å². The van der Waals surface area contributed by atoms with Crippen LogP contribution in [0.2, 0.25) is 0 Å². The predicted octanol–water partition coefficient (Wildman–Crippen LogP) is -1.82. The molecule has 0 saturated carbocycles. The van der Waals surface area contributed by atoms with Crippen LogP contribution in [0.3, 0.4) is 0 Å². The Hall–Kier alpha value is -1.10. The molecule has 74 valence electrons. The third-order valence-corrected chi connectivity index (χ3v) is 1.44. The number of hydrogen-bond acceptors (Lipinski definition) is 3. The van der Waals surface area contributed by atoms with Crippen molar-refractivity contribution in [2.75, 3.05) is 0 Å². The summed E-state index contributed by atoms with van der Waals surface area (Å²) in [4.78, 5) is 26.3. The van der Waals surface area contributed by atoms with Gasteiger partial charge in [-0.3, -0.25) is 4.79 Å². The van der Waals surface area contributed by atoms with Crippen molar-refractivity contribution in [2.24, 2.45) is 0 Å². The molecule has 0 radical (unpaired) electrons. The number of hydrogen-bond donors (Lipinski definition) is 1. The molecular weight excluding hydrogens is 205 g/mol. The fourth-order valence-electron chi connectivity index (χ4n) is 0.771. The third-order valence-electron chi connectivity index (χ3n) is 1.44. The van der Waals surface area contributed by atoms with E-state index in [0.717, 1.165) is 6.08 Å². The van der Waals surface area contributed by atoms with Crippen LogP contribution in [0.15, 0.2) is 43.0 Å². The van der Waals surface area contributed by atoms with Gasteiger partial charge in [0.15, 0.2) is 0 Å². The molecule has 0 bridgehead atoms. The van der Waals surface area contributed by atoms with Gasteiger partial charge >= 0.3 is 35.5 Å². The van der Waals surface area contributed by atoms with Crippen molar-refractivity contribution in [2.45, 2.75) is 0 Å². The van der Waals surface area contributed by atoms with Gasteiger partial charge in [-0.25, -0.2) is 4.79 Å². The van der Waals surface area contributed by atoms with Crippen LogP contribution >= 0.6 is 0 Å². The van der Waals surface area contributed by atoms with Crippen LogP contribution in [-0.2, 0) is 9.63 Å². The Morgan fingerprint density at radius 3 is 2.47 bits per heavy atom. The van der Waals surface area contributed by atoms with E-state index in [1.54, 1.807) is 30.3 Å². The summed E-state index contributed by atoms with van der Waals surface area (Å²) < 4.78 is 0. The molecule has 1 aromatic carbocycles. The summed E-state index contributed by atoms with van der Waals surface area (Å²) in [6, 6.07) is 8.35. The largest absolute Gasteiger partial charge is 1.00 e. The minimum absolute atomic E-state index is 0. The first-order chi connectivity index (χ1) is 6.74. The van der Waals surface area contributed by atoms with Gasteiger partial charge in [0.2, 0.25) is 0 Å². The van der Waals surface area contributed by atoms with Crippen LogP contribution in [0.25, 0.3) is 0 Å². The molecule has 1 amide bonds. The second-order valence-electron chi connectivity index (χ2n) is 2.43. The average Bonchev–Trinajstić information content (AvgIpc) is 2.26. The SMILES string of the molecule is C=CC(=O)NOC(=O)c1ccccc1.[H-].[Na+]. The fraction of sp³-hybridized carbons (Fsp3) is 0. The average molecular weight is 215 g/mol. The number of carbonyl (C=O) groups excluding carboxylic acids is 2. The first-order valence-electron chi connectivity index (χ1n) is 3.92. The second kappa shape index (κ2) is 7.23. The first-order valence-corrected chi connectivity index (χ1v) is 3.92. The van der Waals surface area contributed by atoms with Crippen molar-refractivity contribution in [1.29, 1.82) is 0 Å². The van der Waals surface area contributed by atoms with Gasteiger partial charge in [0.25, 0.3) is 5.91 Å². The van der Waals surface area contributed by atoms with Crippen LogP contribution in [0, 0.1) is 0 Å². The number of rotatable bonds is 2. The van der Waals surface area contributed by atoms with Gasteiger partial charge in [-0.2, -0.15) is 5.48 Å². The molecular formula is C10H10NNaO3. The Labute approximate surface area is 111 Å². The summed E-state index contributed by atoms with van der Waals surface area (Å²) >= 11 is 0. The van der Waals surface area contributed by atoms with E-state index < -0.39 is 11.9 Å². The Morgan fingerprint density at radius 1 is 1.33 bits per heavy atom. The van der Waals surface area contributed by atoms with Crippen molar-refractivity contribution in [3.63, 3.8) is 0 Å². The maximum absolute atomic E-state index is 11.2. The van der Waals surface area contributed by atoms with Gasteiger partial charge in [0.05, 0.1) is 5.56 Å². The number of amides is 1. The summed E-state index contributed by atoms with van der Waals surface area (Å²) in [5.41, 5.74) is 2.30. The molecule has 4 nitrogen and oxygen atoms in total. The van der Waals surface area contributed by atoms with Gasteiger partial charge in [-0.05, 0) is 18.2 Å². The van der Waals surface area contributed by atoms with E-state index in [9.17, 15) is 9.59 Å². The number of hydroxylamine groups is 1. The minimum atomic E-state index is -0.610. The molecule has 15 heavy (non-hydrogen) atoms. The summed E-state index contributed by atoms with van der Waals surface area (Å²) in [7, 11) is 0. The molecule has 0 aromatic heterocycles. The molecule has 1 aromatic rings. The topological polar surface area (TPSA) is 55.4 Å². The van der Waals surface area contributed by atoms with Gasteiger partial charge in [-0.15, -0.1) is 0 Å². The van der Waals surface area contributed by atoms with E-state index >= 15 is 0 Å². The Balaban J connectivity index is 0. The van der Waals surface area contributed by atoms with Crippen LogP contribution < -0.4 is 35.0 Å². The Morgan fingerprint density at radius 2 is 1.93 bits per heavy atom. The molecule has 0 aliphatic rings. The normalized spacial score (nSPS) is 8.27. The van der Waals surface area contributed by atoms with Crippen LogP contribution in [-0.4, -0.2) is 11.9 Å². The number of carbonyl (C=O) groups is 2. The van der Waals surface area contributed by atoms with E-state index in [4.69, 9.17) is 0 Å². The first kappa shape index (κ1) is 13.9. The van der Waals surface area contributed by atoms with Crippen molar-refractivity contribution < 1.29 is 45.4 Å². The maximum Gasteiger partial charge on any atom is 1.00 e. The zero-order valence-corrected chi connectivity index (χ0v) is 10.4. The second-order valence-corrected chi connectivity index (χ2v) is 2.43. The van der Waals surface area contributed by atoms with Crippen LogP contribution in [0.5, 0.6) is 0 Å². The fourth-order valence-corrected chi connectivity index (χ4v) is 0.771. The van der Waals surface area contributed by atoms with Gasteiger partial charge < -0.3 is 6.26 Å². The van der Waals surface area contributed by atoms with Crippen molar-refractivity contribution in [3.8, 4) is 0 Å². The number of nitrogens with one attached hydrogen (secondary N) is 1. The molecule has 0 fully saturated rings. The summed E-state index contributed by atoms with van der Waals surface area (Å²) in [5.74, 6) is -1.17. The zero-order chi connectivity index (χ0) is 10.4. The summed E-state index contributed by atoms with van der Waals surface area (Å²) in [6.45, 7) is 3.21. The number of benzene rings is 1. The maximum atomic E-state index is 11.2. The zero-order valence-electron chi connectivity index (χ0n) is 9.40. The Kier molecular flexibility index (Phi) is 6.70. The van der Waals surface area contributed by atoms with E-state index in [1.807, 2.05) is 5.48 Å². The summed E-state index contributed by atoms with van der Waals surface area (Å²) in [5, 5.41) is 0. The summed E-state index contributed by atoms with van der Waals surface area (Å²) in [6.07, 6.45) is 1.01. The van der Waals surface area contributed by atoms with E-state index in [-0.39, 0.29) is 31.0 Å². The van der Waals surface area contributed by atoms with Gasteiger partial charge in [0, 0.05) is 0 Å². The molecule has 5 heteroatoms. The molecule has 0 atom stereocenters. The van der Waals surface area contributed by atoms with Gasteiger partial charge in [-0.1, -0.05) is 24.8 Å². The monoisotopic (exact) mass is 215 g/mol. The van der Waals surface area contributed by atoms with Crippen molar-refractivity contribution in [1.82, 2.24) is 5.48 Å². The molecule has 0 spiro atoms.